The Balaban J connectivity index is 2.24. The van der Waals surface area contributed by atoms with E-state index >= 15 is 0 Å². The summed E-state index contributed by atoms with van der Waals surface area (Å²) >= 11 is 0. The van der Waals surface area contributed by atoms with Crippen LogP contribution in [0, 0.1) is 0 Å². The maximum atomic E-state index is 2.34. The largest absolute Gasteiger partial charge is 0.334 e. The van der Waals surface area contributed by atoms with E-state index < -0.39 is 0 Å². The standard InChI is InChI=1S/C17H21N3/c1-18(2)17(14-10-6-5-7-11-14)19(3)15-12-8-9-13-16(15)20(17)4/h5-13H,1-4H3. The number of para-hydroxylation sites is 2. The molecule has 1 aliphatic heterocycles. The SMILES string of the molecule is CN(C)C1(c2ccccc2)N(C)c2ccccc2N1C. The van der Waals surface area contributed by atoms with Crippen LogP contribution in [0.3, 0.4) is 0 Å². The van der Waals surface area contributed by atoms with Crippen molar-refractivity contribution in [1.29, 1.82) is 0 Å². The minimum absolute atomic E-state index is 0.287. The third-order valence-corrected chi connectivity index (χ3v) is 4.32. The molecular weight excluding hydrogens is 246 g/mol. The van der Waals surface area contributed by atoms with E-state index in [4.69, 9.17) is 0 Å². The molecule has 1 aliphatic rings. The Morgan fingerprint density at radius 1 is 0.750 bits per heavy atom. The monoisotopic (exact) mass is 267 g/mol. The second-order valence-electron chi connectivity index (χ2n) is 5.50. The third kappa shape index (κ3) is 1.50. The zero-order chi connectivity index (χ0) is 14.3. The summed E-state index contributed by atoms with van der Waals surface area (Å²) in [6.07, 6.45) is 0. The van der Waals surface area contributed by atoms with Crippen molar-refractivity contribution < 1.29 is 0 Å². The van der Waals surface area contributed by atoms with Gasteiger partial charge in [-0.3, -0.25) is 4.90 Å². The van der Waals surface area contributed by atoms with E-state index in [1.807, 2.05) is 0 Å². The number of benzene rings is 2. The Hall–Kier alpha value is -2.00. The summed E-state index contributed by atoms with van der Waals surface area (Å²) in [6, 6.07) is 19.2. The van der Waals surface area contributed by atoms with Crippen LogP contribution in [-0.4, -0.2) is 33.1 Å². The molecule has 0 saturated heterocycles. The van der Waals surface area contributed by atoms with Crippen LogP contribution in [0.1, 0.15) is 5.56 Å². The van der Waals surface area contributed by atoms with Crippen molar-refractivity contribution in [2.24, 2.45) is 0 Å². The predicted octanol–water partition coefficient (Wildman–Crippen LogP) is 2.94. The smallest absolute Gasteiger partial charge is 0.198 e. The number of rotatable bonds is 2. The fourth-order valence-electron chi connectivity index (χ4n) is 3.50. The minimum atomic E-state index is -0.287. The molecule has 1 heterocycles. The predicted molar refractivity (Wildman–Crippen MR) is 85.1 cm³/mol. The van der Waals surface area contributed by atoms with E-state index in [2.05, 4.69) is 97.5 Å². The molecule has 3 heteroatoms. The van der Waals surface area contributed by atoms with Crippen LogP contribution in [0.15, 0.2) is 54.6 Å². The average Bonchev–Trinajstić information content (AvgIpc) is 2.70. The lowest BCUT2D eigenvalue weighted by Gasteiger charge is -2.47. The number of anilines is 2. The Morgan fingerprint density at radius 2 is 1.20 bits per heavy atom. The van der Waals surface area contributed by atoms with E-state index in [0.717, 1.165) is 0 Å². The summed E-state index contributed by atoms with van der Waals surface area (Å²) in [5.41, 5.74) is 3.78. The highest BCUT2D eigenvalue weighted by Gasteiger charge is 2.49. The van der Waals surface area contributed by atoms with Gasteiger partial charge in [0, 0.05) is 19.7 Å². The zero-order valence-electron chi connectivity index (χ0n) is 12.5. The second-order valence-corrected chi connectivity index (χ2v) is 5.50. The molecule has 20 heavy (non-hydrogen) atoms. The fraction of sp³-hybridized carbons (Fsp3) is 0.294. The molecule has 0 amide bonds. The van der Waals surface area contributed by atoms with Crippen molar-refractivity contribution in [2.75, 3.05) is 38.0 Å². The van der Waals surface area contributed by atoms with Crippen molar-refractivity contribution in [2.45, 2.75) is 5.79 Å². The molecule has 0 unspecified atom stereocenters. The van der Waals surface area contributed by atoms with Crippen LogP contribution in [0.4, 0.5) is 11.4 Å². The van der Waals surface area contributed by atoms with E-state index in [1.165, 1.54) is 16.9 Å². The van der Waals surface area contributed by atoms with E-state index in [1.54, 1.807) is 0 Å². The van der Waals surface area contributed by atoms with Gasteiger partial charge in [-0.05, 0) is 26.2 Å². The van der Waals surface area contributed by atoms with Crippen LogP contribution in [0.5, 0.6) is 0 Å². The van der Waals surface area contributed by atoms with Gasteiger partial charge in [0.05, 0.1) is 11.4 Å². The molecule has 0 aliphatic carbocycles. The van der Waals surface area contributed by atoms with Crippen molar-refractivity contribution in [3.05, 3.63) is 60.2 Å². The van der Waals surface area contributed by atoms with Crippen LogP contribution in [0.25, 0.3) is 0 Å². The summed E-state index contributed by atoms with van der Waals surface area (Å²) in [5.74, 6) is -0.287. The van der Waals surface area contributed by atoms with Crippen LogP contribution < -0.4 is 9.80 Å². The highest BCUT2D eigenvalue weighted by atomic mass is 15.6. The summed E-state index contributed by atoms with van der Waals surface area (Å²) < 4.78 is 0. The molecule has 0 atom stereocenters. The van der Waals surface area contributed by atoms with Crippen LogP contribution in [0.2, 0.25) is 0 Å². The van der Waals surface area contributed by atoms with Gasteiger partial charge in [0.2, 0.25) is 0 Å². The lowest BCUT2D eigenvalue weighted by molar-refractivity contribution is 0.159. The normalized spacial score (nSPS) is 16.6. The molecule has 2 aromatic carbocycles. The number of nitrogens with zero attached hydrogens (tertiary/aromatic N) is 3. The van der Waals surface area contributed by atoms with Gasteiger partial charge < -0.3 is 9.80 Å². The topological polar surface area (TPSA) is 9.72 Å². The second kappa shape index (κ2) is 4.53. The molecule has 0 fully saturated rings. The van der Waals surface area contributed by atoms with Gasteiger partial charge in [0.1, 0.15) is 0 Å². The van der Waals surface area contributed by atoms with Gasteiger partial charge in [-0.2, -0.15) is 0 Å². The lowest BCUT2D eigenvalue weighted by Crippen LogP contribution is -2.60. The highest BCUT2D eigenvalue weighted by Crippen LogP contribution is 2.48. The first kappa shape index (κ1) is 13.0. The quantitative estimate of drug-likeness (QED) is 0.828. The van der Waals surface area contributed by atoms with Crippen molar-refractivity contribution in [3.8, 4) is 0 Å². The summed E-state index contributed by atoms with van der Waals surface area (Å²) in [4.78, 5) is 6.96. The van der Waals surface area contributed by atoms with Crippen molar-refractivity contribution in [1.82, 2.24) is 4.90 Å². The molecule has 0 N–H and O–H groups in total. The molecule has 3 rings (SSSR count). The van der Waals surface area contributed by atoms with Gasteiger partial charge in [0.25, 0.3) is 0 Å². The lowest BCUT2D eigenvalue weighted by atomic mass is 10.0. The summed E-state index contributed by atoms with van der Waals surface area (Å²) in [5, 5.41) is 0. The molecule has 104 valence electrons. The van der Waals surface area contributed by atoms with Gasteiger partial charge >= 0.3 is 0 Å². The number of hydrogen-bond donors (Lipinski definition) is 0. The Bertz CT molecular complexity index is 578. The molecule has 0 saturated carbocycles. The molecule has 2 aromatic rings. The average molecular weight is 267 g/mol. The first-order valence-electron chi connectivity index (χ1n) is 6.89. The summed E-state index contributed by atoms with van der Waals surface area (Å²) in [6.45, 7) is 0. The van der Waals surface area contributed by atoms with Gasteiger partial charge in [-0.15, -0.1) is 0 Å². The Labute approximate surface area is 121 Å². The van der Waals surface area contributed by atoms with Crippen LogP contribution in [-0.2, 0) is 5.79 Å². The minimum Gasteiger partial charge on any atom is -0.334 e. The molecule has 0 spiro atoms. The molecule has 0 aromatic heterocycles. The van der Waals surface area contributed by atoms with E-state index in [-0.39, 0.29) is 5.79 Å². The molecular formula is C17H21N3. The maximum Gasteiger partial charge on any atom is 0.198 e. The fourth-order valence-corrected chi connectivity index (χ4v) is 3.50. The van der Waals surface area contributed by atoms with E-state index in [0.29, 0.717) is 0 Å². The molecule has 3 nitrogen and oxygen atoms in total. The first-order chi connectivity index (χ1) is 9.60. The molecule has 0 bridgehead atoms. The van der Waals surface area contributed by atoms with Gasteiger partial charge in [-0.25, -0.2) is 0 Å². The Morgan fingerprint density at radius 3 is 1.65 bits per heavy atom. The number of fused-ring (bicyclic) bond motifs is 1. The van der Waals surface area contributed by atoms with Gasteiger partial charge in [0.15, 0.2) is 5.79 Å². The van der Waals surface area contributed by atoms with E-state index in [9.17, 15) is 0 Å². The first-order valence-corrected chi connectivity index (χ1v) is 6.89. The van der Waals surface area contributed by atoms with Crippen molar-refractivity contribution >= 4 is 11.4 Å². The van der Waals surface area contributed by atoms with Gasteiger partial charge in [-0.1, -0.05) is 42.5 Å². The van der Waals surface area contributed by atoms with Crippen LogP contribution >= 0.6 is 0 Å². The third-order valence-electron chi connectivity index (χ3n) is 4.32. The summed E-state index contributed by atoms with van der Waals surface area (Å²) in [7, 11) is 8.59. The van der Waals surface area contributed by atoms with Crippen molar-refractivity contribution in [3.63, 3.8) is 0 Å². The maximum absolute atomic E-state index is 2.34. The molecule has 0 radical (unpaired) electrons. The Kier molecular flexibility index (Phi) is 2.94. The highest BCUT2D eigenvalue weighted by molar-refractivity contribution is 5.79. The number of hydrogen-bond acceptors (Lipinski definition) is 3. The zero-order valence-corrected chi connectivity index (χ0v) is 12.5.